The summed E-state index contributed by atoms with van der Waals surface area (Å²) in [5, 5.41) is 5.56. The van der Waals surface area contributed by atoms with E-state index in [1.54, 1.807) is 20.8 Å². The Morgan fingerprint density at radius 1 is 1.44 bits per heavy atom. The molecule has 0 spiro atoms. The SMILES string of the molecule is CC1(C)CCC[C@H](NC(=O)OC(C)(C)C)C(=O)N1. The van der Waals surface area contributed by atoms with Crippen LogP contribution in [-0.2, 0) is 9.53 Å². The molecular weight excluding hydrogens is 232 g/mol. The van der Waals surface area contributed by atoms with Crippen molar-refractivity contribution in [1.82, 2.24) is 10.6 Å². The van der Waals surface area contributed by atoms with Gasteiger partial charge in [0, 0.05) is 5.54 Å². The van der Waals surface area contributed by atoms with Gasteiger partial charge in [0.05, 0.1) is 0 Å². The molecule has 0 aliphatic carbocycles. The first-order valence-corrected chi connectivity index (χ1v) is 6.41. The molecule has 1 rings (SSSR count). The van der Waals surface area contributed by atoms with Gasteiger partial charge in [0.15, 0.2) is 0 Å². The average Bonchev–Trinajstić information content (AvgIpc) is 2.22. The summed E-state index contributed by atoms with van der Waals surface area (Å²) < 4.78 is 5.15. The lowest BCUT2D eigenvalue weighted by Gasteiger charge is -2.25. The smallest absolute Gasteiger partial charge is 0.408 e. The van der Waals surface area contributed by atoms with Crippen LogP contribution in [0.4, 0.5) is 4.79 Å². The predicted octanol–water partition coefficient (Wildman–Crippen LogP) is 1.96. The fraction of sp³-hybridized carbons (Fsp3) is 0.846. The van der Waals surface area contributed by atoms with Crippen LogP contribution in [0.2, 0.25) is 0 Å². The summed E-state index contributed by atoms with van der Waals surface area (Å²) in [6.07, 6.45) is 1.91. The molecule has 0 bridgehead atoms. The van der Waals surface area contributed by atoms with E-state index in [1.165, 1.54) is 0 Å². The van der Waals surface area contributed by atoms with Gasteiger partial charge in [-0.2, -0.15) is 0 Å². The Morgan fingerprint density at radius 2 is 2.06 bits per heavy atom. The molecule has 1 aliphatic heterocycles. The Morgan fingerprint density at radius 3 is 2.61 bits per heavy atom. The topological polar surface area (TPSA) is 67.4 Å². The maximum Gasteiger partial charge on any atom is 0.408 e. The number of carbonyl (C=O) groups excluding carboxylic acids is 2. The molecule has 0 aromatic carbocycles. The van der Waals surface area contributed by atoms with Crippen molar-refractivity contribution < 1.29 is 14.3 Å². The summed E-state index contributed by atoms with van der Waals surface area (Å²) in [5.74, 6) is -0.136. The molecule has 1 aliphatic rings. The van der Waals surface area contributed by atoms with Gasteiger partial charge in [-0.15, -0.1) is 0 Å². The van der Waals surface area contributed by atoms with Crippen LogP contribution in [0.15, 0.2) is 0 Å². The van der Waals surface area contributed by atoms with Crippen molar-refractivity contribution in [3.8, 4) is 0 Å². The van der Waals surface area contributed by atoms with Crippen LogP contribution in [0, 0.1) is 0 Å². The Bertz CT molecular complexity index is 332. The van der Waals surface area contributed by atoms with Crippen LogP contribution in [-0.4, -0.2) is 29.2 Å². The highest BCUT2D eigenvalue weighted by Gasteiger charge is 2.31. The van der Waals surface area contributed by atoms with Crippen LogP contribution < -0.4 is 10.6 Å². The normalized spacial score (nSPS) is 23.8. The molecule has 1 atom stereocenters. The summed E-state index contributed by atoms with van der Waals surface area (Å²) >= 11 is 0. The van der Waals surface area contributed by atoms with Crippen molar-refractivity contribution in [3.05, 3.63) is 0 Å². The minimum absolute atomic E-state index is 0.136. The molecule has 5 heteroatoms. The molecular formula is C13H24N2O3. The fourth-order valence-corrected chi connectivity index (χ4v) is 1.95. The number of nitrogens with one attached hydrogen (secondary N) is 2. The largest absolute Gasteiger partial charge is 0.444 e. The van der Waals surface area contributed by atoms with Crippen molar-refractivity contribution >= 4 is 12.0 Å². The van der Waals surface area contributed by atoms with Crippen LogP contribution in [0.25, 0.3) is 0 Å². The maximum absolute atomic E-state index is 11.9. The minimum atomic E-state index is -0.551. The second-order valence-corrected chi connectivity index (χ2v) is 6.46. The molecule has 1 heterocycles. The van der Waals surface area contributed by atoms with E-state index >= 15 is 0 Å². The molecule has 1 fully saturated rings. The van der Waals surface area contributed by atoms with E-state index in [0.717, 1.165) is 12.8 Å². The number of alkyl carbamates (subject to hydrolysis) is 1. The number of hydrogen-bond acceptors (Lipinski definition) is 3. The predicted molar refractivity (Wildman–Crippen MR) is 69.2 cm³/mol. The zero-order valence-electron chi connectivity index (χ0n) is 11.9. The number of hydrogen-bond donors (Lipinski definition) is 2. The average molecular weight is 256 g/mol. The third-order valence-electron chi connectivity index (χ3n) is 2.76. The first-order valence-electron chi connectivity index (χ1n) is 6.41. The number of carbonyl (C=O) groups is 2. The molecule has 2 N–H and O–H groups in total. The van der Waals surface area contributed by atoms with Gasteiger partial charge < -0.3 is 15.4 Å². The molecule has 2 amide bonds. The Kier molecular flexibility index (Phi) is 4.24. The van der Waals surface area contributed by atoms with Gasteiger partial charge >= 0.3 is 6.09 Å². The minimum Gasteiger partial charge on any atom is -0.444 e. The summed E-state index contributed by atoms with van der Waals surface area (Å²) in [6.45, 7) is 9.36. The Labute approximate surface area is 109 Å². The first kappa shape index (κ1) is 14.8. The van der Waals surface area contributed by atoms with Gasteiger partial charge in [0.2, 0.25) is 5.91 Å². The van der Waals surface area contributed by atoms with Gasteiger partial charge in [-0.3, -0.25) is 4.79 Å². The second kappa shape index (κ2) is 5.16. The molecule has 0 saturated carbocycles. The monoisotopic (exact) mass is 256 g/mol. The first-order chi connectivity index (χ1) is 8.09. The third-order valence-corrected chi connectivity index (χ3v) is 2.76. The molecule has 5 nitrogen and oxygen atoms in total. The van der Waals surface area contributed by atoms with Gasteiger partial charge in [0.1, 0.15) is 11.6 Å². The van der Waals surface area contributed by atoms with E-state index in [-0.39, 0.29) is 11.4 Å². The van der Waals surface area contributed by atoms with E-state index in [0.29, 0.717) is 6.42 Å². The summed E-state index contributed by atoms with van der Waals surface area (Å²) in [4.78, 5) is 23.6. The van der Waals surface area contributed by atoms with Crippen molar-refractivity contribution in [2.45, 2.75) is 71.1 Å². The van der Waals surface area contributed by atoms with Gasteiger partial charge in [-0.1, -0.05) is 0 Å². The third kappa shape index (κ3) is 4.94. The van der Waals surface area contributed by atoms with Gasteiger partial charge in [-0.25, -0.2) is 4.79 Å². The molecule has 0 radical (unpaired) electrons. The molecule has 1 saturated heterocycles. The molecule has 18 heavy (non-hydrogen) atoms. The number of amides is 2. The maximum atomic E-state index is 11.9. The van der Waals surface area contributed by atoms with E-state index in [1.807, 2.05) is 13.8 Å². The molecule has 0 aromatic rings. The highest BCUT2D eigenvalue weighted by molar-refractivity contribution is 5.86. The van der Waals surface area contributed by atoms with Crippen LogP contribution >= 0.6 is 0 Å². The van der Waals surface area contributed by atoms with Crippen molar-refractivity contribution in [2.75, 3.05) is 0 Å². The van der Waals surface area contributed by atoms with Gasteiger partial charge in [-0.05, 0) is 53.9 Å². The van der Waals surface area contributed by atoms with Crippen LogP contribution in [0.5, 0.6) is 0 Å². The zero-order chi connectivity index (χ0) is 14.0. The van der Waals surface area contributed by atoms with Gasteiger partial charge in [0.25, 0.3) is 0 Å². The van der Waals surface area contributed by atoms with Crippen molar-refractivity contribution in [2.24, 2.45) is 0 Å². The second-order valence-electron chi connectivity index (χ2n) is 6.46. The van der Waals surface area contributed by atoms with E-state index in [9.17, 15) is 9.59 Å². The van der Waals surface area contributed by atoms with Crippen molar-refractivity contribution in [1.29, 1.82) is 0 Å². The number of ether oxygens (including phenoxy) is 1. The molecule has 0 unspecified atom stereocenters. The summed E-state index contributed by atoms with van der Waals surface area (Å²) in [7, 11) is 0. The fourth-order valence-electron chi connectivity index (χ4n) is 1.95. The van der Waals surface area contributed by atoms with Crippen LogP contribution in [0.3, 0.4) is 0 Å². The lowest BCUT2D eigenvalue weighted by molar-refractivity contribution is -0.124. The van der Waals surface area contributed by atoms with E-state index < -0.39 is 17.7 Å². The molecule has 104 valence electrons. The Hall–Kier alpha value is -1.26. The zero-order valence-corrected chi connectivity index (χ0v) is 11.9. The summed E-state index contributed by atoms with van der Waals surface area (Å²) in [5.41, 5.74) is -0.758. The highest BCUT2D eigenvalue weighted by Crippen LogP contribution is 2.19. The Balaban J connectivity index is 2.57. The standard InChI is InChI=1S/C13H24N2O3/c1-12(2,3)18-11(17)14-9-7-6-8-13(4,5)15-10(9)16/h9H,6-8H2,1-5H3,(H,14,17)(H,15,16)/t9-/m0/s1. The van der Waals surface area contributed by atoms with E-state index in [4.69, 9.17) is 4.74 Å². The lowest BCUT2D eigenvalue weighted by atomic mass is 9.99. The quantitative estimate of drug-likeness (QED) is 0.753. The lowest BCUT2D eigenvalue weighted by Crippen LogP contribution is -2.51. The molecule has 0 aromatic heterocycles. The van der Waals surface area contributed by atoms with Crippen LogP contribution in [0.1, 0.15) is 53.9 Å². The van der Waals surface area contributed by atoms with E-state index in [2.05, 4.69) is 10.6 Å². The van der Waals surface area contributed by atoms with Crippen molar-refractivity contribution in [3.63, 3.8) is 0 Å². The highest BCUT2D eigenvalue weighted by atomic mass is 16.6. The number of rotatable bonds is 1. The summed E-state index contributed by atoms with van der Waals surface area (Å²) in [6, 6.07) is -0.498.